The number of fused-ring (bicyclic) bond motifs is 1. The van der Waals surface area contributed by atoms with Crippen LogP contribution in [0.15, 0.2) is 16.9 Å². The number of nitrogens with zero attached hydrogens (tertiary/aromatic N) is 1. The molecule has 7 heteroatoms. The molecule has 0 aliphatic rings. The fourth-order valence-electron chi connectivity index (χ4n) is 1.46. The van der Waals surface area contributed by atoms with Crippen molar-refractivity contribution >= 4 is 17.0 Å². The molecule has 0 amide bonds. The number of nitrogens with one attached hydrogen (secondary N) is 1. The summed E-state index contributed by atoms with van der Waals surface area (Å²) >= 11 is 0. The van der Waals surface area contributed by atoms with Crippen LogP contribution in [-0.2, 0) is 4.74 Å². The lowest BCUT2D eigenvalue weighted by Crippen LogP contribution is -2.22. The molecule has 0 fully saturated rings. The van der Waals surface area contributed by atoms with Gasteiger partial charge in [0.15, 0.2) is 5.82 Å². The van der Waals surface area contributed by atoms with E-state index in [0.717, 1.165) is 6.07 Å². The van der Waals surface area contributed by atoms with Crippen LogP contribution in [0.2, 0.25) is 0 Å². The summed E-state index contributed by atoms with van der Waals surface area (Å²) in [6.45, 7) is 1.62. The van der Waals surface area contributed by atoms with Crippen LogP contribution in [0.1, 0.15) is 17.4 Å². The predicted molar refractivity (Wildman–Crippen MR) is 58.2 cm³/mol. The van der Waals surface area contributed by atoms with Crippen molar-refractivity contribution in [1.82, 2.24) is 9.97 Å². The molecule has 1 aromatic heterocycles. The predicted octanol–water partition coefficient (Wildman–Crippen LogP) is 1.38. The largest absolute Gasteiger partial charge is 0.461 e. The van der Waals surface area contributed by atoms with Crippen LogP contribution in [0.3, 0.4) is 0 Å². The Labute approximate surface area is 99.4 Å². The maximum absolute atomic E-state index is 13.4. The summed E-state index contributed by atoms with van der Waals surface area (Å²) in [7, 11) is 0. The van der Waals surface area contributed by atoms with E-state index in [9.17, 15) is 18.4 Å². The van der Waals surface area contributed by atoms with Crippen LogP contribution in [0, 0.1) is 11.6 Å². The first-order valence-electron chi connectivity index (χ1n) is 5.09. The van der Waals surface area contributed by atoms with Gasteiger partial charge in [0.25, 0.3) is 5.56 Å². The molecule has 1 aromatic carbocycles. The Morgan fingerprint density at radius 3 is 2.83 bits per heavy atom. The monoisotopic (exact) mass is 254 g/mol. The van der Waals surface area contributed by atoms with Crippen molar-refractivity contribution in [2.45, 2.75) is 6.92 Å². The van der Waals surface area contributed by atoms with Crippen molar-refractivity contribution < 1.29 is 18.3 Å². The van der Waals surface area contributed by atoms with Crippen molar-refractivity contribution in [2.75, 3.05) is 6.61 Å². The van der Waals surface area contributed by atoms with E-state index in [0.29, 0.717) is 6.07 Å². The van der Waals surface area contributed by atoms with Gasteiger partial charge in [0.1, 0.15) is 11.3 Å². The zero-order chi connectivity index (χ0) is 13.3. The minimum absolute atomic E-state index is 0.0594. The molecule has 0 atom stereocenters. The fourth-order valence-corrected chi connectivity index (χ4v) is 1.46. The highest BCUT2D eigenvalue weighted by molar-refractivity contribution is 5.89. The first-order valence-corrected chi connectivity index (χ1v) is 5.09. The average Bonchev–Trinajstić information content (AvgIpc) is 2.27. The Kier molecular flexibility index (Phi) is 3.05. The highest BCUT2D eigenvalue weighted by Gasteiger charge is 2.17. The van der Waals surface area contributed by atoms with E-state index in [1.807, 2.05) is 0 Å². The van der Waals surface area contributed by atoms with E-state index < -0.39 is 28.9 Å². The van der Waals surface area contributed by atoms with Gasteiger partial charge in [-0.05, 0) is 13.0 Å². The lowest BCUT2D eigenvalue weighted by Gasteiger charge is -2.03. The first-order chi connectivity index (χ1) is 8.52. The molecular formula is C11H8F2N2O3. The number of rotatable bonds is 2. The molecular weight excluding hydrogens is 246 g/mol. The van der Waals surface area contributed by atoms with E-state index in [1.54, 1.807) is 6.92 Å². The number of H-pyrrole nitrogens is 1. The lowest BCUT2D eigenvalue weighted by molar-refractivity contribution is 0.0517. The first kappa shape index (κ1) is 12.2. The number of ether oxygens (including phenoxy) is 1. The van der Waals surface area contributed by atoms with Crippen molar-refractivity contribution in [3.63, 3.8) is 0 Å². The second kappa shape index (κ2) is 4.52. The van der Waals surface area contributed by atoms with E-state index in [-0.39, 0.29) is 17.6 Å². The maximum atomic E-state index is 13.4. The van der Waals surface area contributed by atoms with Gasteiger partial charge < -0.3 is 9.72 Å². The normalized spacial score (nSPS) is 10.6. The molecule has 0 saturated carbocycles. The molecule has 1 N–H and O–H groups in total. The van der Waals surface area contributed by atoms with E-state index in [1.165, 1.54) is 0 Å². The Morgan fingerprint density at radius 1 is 1.44 bits per heavy atom. The van der Waals surface area contributed by atoms with Crippen molar-refractivity contribution in [1.29, 1.82) is 0 Å². The second-order valence-electron chi connectivity index (χ2n) is 3.42. The zero-order valence-corrected chi connectivity index (χ0v) is 9.29. The van der Waals surface area contributed by atoms with Crippen LogP contribution >= 0.6 is 0 Å². The topological polar surface area (TPSA) is 72.0 Å². The molecule has 18 heavy (non-hydrogen) atoms. The molecule has 94 valence electrons. The summed E-state index contributed by atoms with van der Waals surface area (Å²) in [5.74, 6) is -2.77. The molecule has 0 radical (unpaired) electrons. The lowest BCUT2D eigenvalue weighted by atomic mass is 10.2. The summed E-state index contributed by atoms with van der Waals surface area (Å²) in [6.07, 6.45) is 0. The summed E-state index contributed by atoms with van der Waals surface area (Å²) in [5, 5.41) is 0. The second-order valence-corrected chi connectivity index (χ2v) is 3.42. The molecule has 5 nitrogen and oxygen atoms in total. The van der Waals surface area contributed by atoms with Gasteiger partial charge in [-0.25, -0.2) is 18.6 Å². The molecule has 1 heterocycles. The van der Waals surface area contributed by atoms with Crippen LogP contribution in [0.25, 0.3) is 11.0 Å². The van der Waals surface area contributed by atoms with Crippen molar-refractivity contribution in [3.05, 3.63) is 39.8 Å². The number of hydrogen-bond acceptors (Lipinski definition) is 4. The van der Waals surface area contributed by atoms with E-state index in [4.69, 9.17) is 0 Å². The van der Waals surface area contributed by atoms with Crippen LogP contribution in [0.5, 0.6) is 0 Å². The Bertz CT molecular complexity index is 682. The fraction of sp³-hybridized carbons (Fsp3) is 0.182. The summed E-state index contributed by atoms with van der Waals surface area (Å²) in [5.41, 5.74) is -1.83. The highest BCUT2D eigenvalue weighted by Crippen LogP contribution is 2.14. The molecule has 0 unspecified atom stereocenters. The zero-order valence-electron chi connectivity index (χ0n) is 9.29. The Hall–Kier alpha value is -2.31. The number of hydrogen-bond donors (Lipinski definition) is 1. The summed E-state index contributed by atoms with van der Waals surface area (Å²) in [4.78, 5) is 28.6. The van der Waals surface area contributed by atoms with Gasteiger partial charge in [0.05, 0.1) is 12.1 Å². The molecule has 0 aliphatic heterocycles. The van der Waals surface area contributed by atoms with Crippen molar-refractivity contribution in [3.8, 4) is 0 Å². The third-order valence-electron chi connectivity index (χ3n) is 2.18. The Morgan fingerprint density at radius 2 is 2.17 bits per heavy atom. The van der Waals surface area contributed by atoms with E-state index >= 15 is 0 Å². The van der Waals surface area contributed by atoms with Crippen LogP contribution in [-0.4, -0.2) is 22.5 Å². The van der Waals surface area contributed by atoms with Gasteiger partial charge in [-0.2, -0.15) is 0 Å². The standard InChI is InChI=1S/C11H8F2N2O3/c1-2-18-11(17)9-10(16)14-7-4-5(12)3-6(13)8(7)15-9/h3-4H,2H2,1H3,(H,14,16). The molecule has 0 aliphatic carbocycles. The molecule has 0 spiro atoms. The average molecular weight is 254 g/mol. The van der Waals surface area contributed by atoms with Gasteiger partial charge in [0.2, 0.25) is 5.69 Å². The molecule has 0 bridgehead atoms. The number of esters is 1. The number of carbonyl (C=O) groups excluding carboxylic acids is 1. The minimum atomic E-state index is -0.966. The summed E-state index contributed by atoms with van der Waals surface area (Å²) in [6, 6.07) is 1.53. The quantitative estimate of drug-likeness (QED) is 0.822. The number of carbonyl (C=O) groups is 1. The van der Waals surface area contributed by atoms with Crippen LogP contribution < -0.4 is 5.56 Å². The van der Waals surface area contributed by atoms with Gasteiger partial charge in [-0.1, -0.05) is 0 Å². The van der Waals surface area contributed by atoms with Gasteiger partial charge in [0, 0.05) is 6.07 Å². The minimum Gasteiger partial charge on any atom is -0.461 e. The number of benzene rings is 1. The third kappa shape index (κ3) is 2.06. The molecule has 2 aromatic rings. The SMILES string of the molecule is CCOC(=O)c1nc2c(F)cc(F)cc2[nH]c1=O. The number of aromatic nitrogens is 2. The smallest absolute Gasteiger partial charge is 0.362 e. The van der Waals surface area contributed by atoms with Gasteiger partial charge >= 0.3 is 5.97 Å². The summed E-state index contributed by atoms with van der Waals surface area (Å²) < 4.78 is 31.0. The van der Waals surface area contributed by atoms with Crippen LogP contribution in [0.4, 0.5) is 8.78 Å². The Balaban J connectivity index is 2.69. The van der Waals surface area contributed by atoms with Crippen molar-refractivity contribution in [2.24, 2.45) is 0 Å². The molecule has 2 rings (SSSR count). The van der Waals surface area contributed by atoms with Gasteiger partial charge in [-0.3, -0.25) is 4.79 Å². The highest BCUT2D eigenvalue weighted by atomic mass is 19.1. The maximum Gasteiger partial charge on any atom is 0.362 e. The van der Waals surface area contributed by atoms with E-state index in [2.05, 4.69) is 14.7 Å². The third-order valence-corrected chi connectivity index (χ3v) is 2.18. The number of halogens is 2. The molecule has 0 saturated heterocycles. The van der Waals surface area contributed by atoms with Gasteiger partial charge in [-0.15, -0.1) is 0 Å². The number of aromatic amines is 1.